The van der Waals surface area contributed by atoms with Crippen molar-refractivity contribution in [3.8, 4) is 5.75 Å². The van der Waals surface area contributed by atoms with Crippen molar-refractivity contribution in [3.05, 3.63) is 64.5 Å². The molecule has 0 aromatic heterocycles. The van der Waals surface area contributed by atoms with Gasteiger partial charge in [0.25, 0.3) is 0 Å². The minimum absolute atomic E-state index is 0.284. The van der Waals surface area contributed by atoms with E-state index in [4.69, 9.17) is 9.47 Å². The van der Waals surface area contributed by atoms with Gasteiger partial charge in [-0.15, -0.1) is 0 Å². The van der Waals surface area contributed by atoms with Crippen LogP contribution < -0.4 is 15.4 Å². The molecule has 1 aliphatic rings. The number of ether oxygens (including phenoxy) is 2. The van der Waals surface area contributed by atoms with E-state index in [-0.39, 0.29) is 12.2 Å². The summed E-state index contributed by atoms with van der Waals surface area (Å²) in [7, 11) is 1.70. The number of guanidine groups is 1. The first-order chi connectivity index (χ1) is 14.6. The average molecular weight is 416 g/mol. The summed E-state index contributed by atoms with van der Waals surface area (Å²) in [5.41, 5.74) is 3.34. The third-order valence-corrected chi connectivity index (χ3v) is 5.13. The molecule has 6 nitrogen and oxygen atoms in total. The minimum atomic E-state index is -0.403. The normalized spacial score (nSPS) is 16.5. The zero-order chi connectivity index (χ0) is 21.3. The zero-order valence-corrected chi connectivity index (χ0v) is 17.6. The van der Waals surface area contributed by atoms with Gasteiger partial charge in [-0.05, 0) is 42.7 Å². The van der Waals surface area contributed by atoms with Gasteiger partial charge in [0, 0.05) is 43.8 Å². The highest BCUT2D eigenvalue weighted by atomic mass is 19.1. The number of nitrogens with one attached hydrogen (secondary N) is 2. The molecular weight excluding hydrogens is 385 g/mol. The van der Waals surface area contributed by atoms with E-state index in [0.29, 0.717) is 31.6 Å². The fourth-order valence-corrected chi connectivity index (χ4v) is 3.31. The Bertz CT molecular complexity index is 867. The maximum Gasteiger partial charge on any atom is 0.191 e. The number of nitrogens with zero attached hydrogens (tertiary/aromatic N) is 1. The summed E-state index contributed by atoms with van der Waals surface area (Å²) in [6.45, 7) is 4.97. The first kappa shape index (κ1) is 22.1. The first-order valence-electron chi connectivity index (χ1n) is 10.2. The van der Waals surface area contributed by atoms with Crippen molar-refractivity contribution in [1.82, 2.24) is 10.6 Å². The smallest absolute Gasteiger partial charge is 0.191 e. The van der Waals surface area contributed by atoms with E-state index in [1.54, 1.807) is 19.2 Å². The molecule has 0 spiro atoms. The van der Waals surface area contributed by atoms with Gasteiger partial charge in [0.05, 0.1) is 19.8 Å². The first-order valence-corrected chi connectivity index (χ1v) is 10.2. The summed E-state index contributed by atoms with van der Waals surface area (Å²) in [5, 5.41) is 15.7. The van der Waals surface area contributed by atoms with Gasteiger partial charge in [-0.25, -0.2) is 4.39 Å². The molecule has 1 aliphatic heterocycles. The molecule has 7 heteroatoms. The van der Waals surface area contributed by atoms with E-state index < -0.39 is 5.82 Å². The second-order valence-corrected chi connectivity index (χ2v) is 7.51. The van der Waals surface area contributed by atoms with Crippen molar-refractivity contribution in [3.63, 3.8) is 0 Å². The lowest BCUT2D eigenvalue weighted by Crippen LogP contribution is -2.36. The van der Waals surface area contributed by atoms with Crippen LogP contribution in [0.1, 0.15) is 28.7 Å². The van der Waals surface area contributed by atoms with Crippen molar-refractivity contribution in [2.75, 3.05) is 26.9 Å². The summed E-state index contributed by atoms with van der Waals surface area (Å²) < 4.78 is 25.1. The molecule has 2 aromatic rings. The van der Waals surface area contributed by atoms with Gasteiger partial charge >= 0.3 is 0 Å². The van der Waals surface area contributed by atoms with Crippen LogP contribution in [0.4, 0.5) is 4.39 Å². The molecule has 2 aromatic carbocycles. The molecule has 0 radical (unpaired) electrons. The molecule has 1 fully saturated rings. The fourth-order valence-electron chi connectivity index (χ4n) is 3.31. The van der Waals surface area contributed by atoms with Crippen LogP contribution in [0.25, 0.3) is 0 Å². The van der Waals surface area contributed by atoms with Crippen molar-refractivity contribution in [2.24, 2.45) is 10.9 Å². The second kappa shape index (κ2) is 10.9. The van der Waals surface area contributed by atoms with Crippen LogP contribution in [-0.2, 0) is 24.4 Å². The van der Waals surface area contributed by atoms with E-state index in [1.807, 2.05) is 6.92 Å². The highest BCUT2D eigenvalue weighted by Crippen LogP contribution is 2.22. The predicted molar refractivity (Wildman–Crippen MR) is 115 cm³/mol. The minimum Gasteiger partial charge on any atom is -0.493 e. The van der Waals surface area contributed by atoms with Gasteiger partial charge in [0.2, 0.25) is 0 Å². The SMILES string of the molecule is CN=C(NCc1ccc(F)c(CO)c1)NCc1ccc(C)cc1OCC1CCOC1. The highest BCUT2D eigenvalue weighted by molar-refractivity contribution is 5.79. The number of hydrogen-bond donors (Lipinski definition) is 3. The molecule has 162 valence electrons. The number of aryl methyl sites for hydroxylation is 1. The number of benzene rings is 2. The second-order valence-electron chi connectivity index (χ2n) is 7.51. The highest BCUT2D eigenvalue weighted by Gasteiger charge is 2.17. The van der Waals surface area contributed by atoms with E-state index in [9.17, 15) is 9.50 Å². The fraction of sp³-hybridized carbons (Fsp3) is 0.435. The average Bonchev–Trinajstić information content (AvgIpc) is 3.28. The summed E-state index contributed by atoms with van der Waals surface area (Å²) in [4.78, 5) is 4.25. The Balaban J connectivity index is 1.56. The Hall–Kier alpha value is -2.64. The van der Waals surface area contributed by atoms with Crippen LogP contribution in [0.15, 0.2) is 41.4 Å². The number of rotatable bonds is 8. The van der Waals surface area contributed by atoms with E-state index in [0.717, 1.165) is 42.1 Å². The van der Waals surface area contributed by atoms with Crippen LogP contribution in [0, 0.1) is 18.7 Å². The summed E-state index contributed by atoms with van der Waals surface area (Å²) >= 11 is 0. The van der Waals surface area contributed by atoms with Gasteiger partial charge in [0.15, 0.2) is 5.96 Å². The van der Waals surface area contributed by atoms with Crippen molar-refractivity contribution in [2.45, 2.75) is 33.0 Å². The number of halogens is 1. The Morgan fingerprint density at radius 2 is 2.03 bits per heavy atom. The third kappa shape index (κ3) is 6.18. The lowest BCUT2D eigenvalue weighted by atomic mass is 10.1. The van der Waals surface area contributed by atoms with E-state index in [1.165, 1.54) is 6.07 Å². The maximum atomic E-state index is 13.5. The van der Waals surface area contributed by atoms with Gasteiger partial charge in [-0.3, -0.25) is 4.99 Å². The van der Waals surface area contributed by atoms with E-state index >= 15 is 0 Å². The van der Waals surface area contributed by atoms with Crippen LogP contribution in [0.2, 0.25) is 0 Å². The standard InChI is InChI=1S/C23H30FN3O3/c1-16-3-5-19(22(9-16)30-15-18-7-8-29-14-18)12-27-23(25-2)26-11-17-4-6-21(24)20(10-17)13-28/h3-6,9-10,18,28H,7-8,11-15H2,1-2H3,(H2,25,26,27). The molecule has 1 saturated heterocycles. The van der Waals surface area contributed by atoms with Crippen molar-refractivity contribution >= 4 is 5.96 Å². The van der Waals surface area contributed by atoms with Crippen molar-refractivity contribution in [1.29, 1.82) is 0 Å². The lowest BCUT2D eigenvalue weighted by Gasteiger charge is -2.17. The summed E-state index contributed by atoms with van der Waals surface area (Å²) in [6, 6.07) is 10.9. The zero-order valence-electron chi connectivity index (χ0n) is 17.6. The van der Waals surface area contributed by atoms with Gasteiger partial charge in [0.1, 0.15) is 11.6 Å². The topological polar surface area (TPSA) is 75.1 Å². The Labute approximate surface area is 177 Å². The number of aliphatic imine (C=N–C) groups is 1. The van der Waals surface area contributed by atoms with Crippen LogP contribution in [0.5, 0.6) is 5.75 Å². The van der Waals surface area contributed by atoms with Crippen LogP contribution in [-0.4, -0.2) is 37.9 Å². The van der Waals surface area contributed by atoms with Crippen LogP contribution >= 0.6 is 0 Å². The summed E-state index contributed by atoms with van der Waals surface area (Å²) in [6.07, 6.45) is 1.04. The molecule has 30 heavy (non-hydrogen) atoms. The summed E-state index contributed by atoms with van der Waals surface area (Å²) in [5.74, 6) is 1.54. The molecule has 1 unspecified atom stereocenters. The lowest BCUT2D eigenvalue weighted by molar-refractivity contribution is 0.166. The monoisotopic (exact) mass is 415 g/mol. The van der Waals surface area contributed by atoms with Gasteiger partial charge in [-0.1, -0.05) is 18.2 Å². The van der Waals surface area contributed by atoms with Gasteiger partial charge in [-0.2, -0.15) is 0 Å². The molecule has 3 rings (SSSR count). The van der Waals surface area contributed by atoms with Crippen molar-refractivity contribution < 1.29 is 19.0 Å². The molecule has 1 heterocycles. The van der Waals surface area contributed by atoms with Gasteiger partial charge < -0.3 is 25.2 Å². The molecule has 0 amide bonds. The number of aliphatic hydroxyl groups is 1. The van der Waals surface area contributed by atoms with E-state index in [2.05, 4.69) is 33.8 Å². The Morgan fingerprint density at radius 3 is 2.77 bits per heavy atom. The quantitative estimate of drug-likeness (QED) is 0.457. The Morgan fingerprint density at radius 1 is 1.20 bits per heavy atom. The number of aliphatic hydroxyl groups excluding tert-OH is 1. The Kier molecular flexibility index (Phi) is 8.04. The molecular formula is C23H30FN3O3. The number of hydrogen-bond acceptors (Lipinski definition) is 4. The predicted octanol–water partition coefficient (Wildman–Crippen LogP) is 2.91. The molecule has 0 saturated carbocycles. The largest absolute Gasteiger partial charge is 0.493 e. The molecule has 3 N–H and O–H groups in total. The third-order valence-electron chi connectivity index (χ3n) is 5.13. The van der Waals surface area contributed by atoms with Crippen LogP contribution in [0.3, 0.4) is 0 Å². The molecule has 0 aliphatic carbocycles. The maximum absolute atomic E-state index is 13.5. The molecule has 0 bridgehead atoms. The molecule has 1 atom stereocenters.